The van der Waals surface area contributed by atoms with Crippen LogP contribution in [0.4, 0.5) is 0 Å². The molecule has 1 saturated heterocycles. The SMILES string of the molecule is CCN(C)C(=O)CNCC1CCCO1. The van der Waals surface area contributed by atoms with Crippen molar-refractivity contribution in [2.45, 2.75) is 25.9 Å². The molecule has 0 aliphatic carbocycles. The molecule has 0 aromatic heterocycles. The Morgan fingerprint density at radius 1 is 1.64 bits per heavy atom. The maximum atomic E-state index is 11.4. The minimum atomic E-state index is 0.144. The van der Waals surface area contributed by atoms with Crippen LogP contribution in [0.5, 0.6) is 0 Å². The molecule has 4 heteroatoms. The lowest BCUT2D eigenvalue weighted by Gasteiger charge is -2.16. The highest BCUT2D eigenvalue weighted by Crippen LogP contribution is 2.10. The minimum Gasteiger partial charge on any atom is -0.377 e. The van der Waals surface area contributed by atoms with Crippen molar-refractivity contribution in [3.8, 4) is 0 Å². The van der Waals surface area contributed by atoms with Gasteiger partial charge in [-0.05, 0) is 19.8 Å². The lowest BCUT2D eigenvalue weighted by Crippen LogP contribution is -2.38. The summed E-state index contributed by atoms with van der Waals surface area (Å²) < 4.78 is 5.43. The summed E-state index contributed by atoms with van der Waals surface area (Å²) >= 11 is 0. The van der Waals surface area contributed by atoms with Crippen molar-refractivity contribution in [2.24, 2.45) is 0 Å². The molecule has 0 aromatic rings. The summed E-state index contributed by atoms with van der Waals surface area (Å²) in [5, 5.41) is 3.13. The third kappa shape index (κ3) is 3.64. The summed E-state index contributed by atoms with van der Waals surface area (Å²) in [5.74, 6) is 0.144. The molecule has 1 rings (SSSR count). The number of hydrogen-bond donors (Lipinski definition) is 1. The second-order valence-electron chi connectivity index (χ2n) is 3.67. The molecular weight excluding hydrogens is 180 g/mol. The van der Waals surface area contributed by atoms with Crippen molar-refractivity contribution in [1.29, 1.82) is 0 Å². The molecule has 1 amide bonds. The van der Waals surface area contributed by atoms with Crippen LogP contribution in [0, 0.1) is 0 Å². The van der Waals surface area contributed by atoms with Gasteiger partial charge in [-0.1, -0.05) is 0 Å². The standard InChI is InChI=1S/C10H20N2O2/c1-3-12(2)10(13)8-11-7-9-5-4-6-14-9/h9,11H,3-8H2,1-2H3. The average Bonchev–Trinajstić information content (AvgIpc) is 2.69. The summed E-state index contributed by atoms with van der Waals surface area (Å²) in [6.07, 6.45) is 2.58. The van der Waals surface area contributed by atoms with Gasteiger partial charge in [0, 0.05) is 26.7 Å². The quantitative estimate of drug-likeness (QED) is 0.691. The minimum absolute atomic E-state index is 0.144. The molecule has 0 saturated carbocycles. The lowest BCUT2D eigenvalue weighted by molar-refractivity contribution is -0.128. The first-order valence-corrected chi connectivity index (χ1v) is 5.30. The predicted molar refractivity (Wildman–Crippen MR) is 55.2 cm³/mol. The monoisotopic (exact) mass is 200 g/mol. The Kier molecular flexibility index (Phi) is 4.90. The molecule has 0 radical (unpaired) electrons. The van der Waals surface area contributed by atoms with Gasteiger partial charge in [0.25, 0.3) is 0 Å². The van der Waals surface area contributed by atoms with Crippen molar-refractivity contribution in [3.63, 3.8) is 0 Å². The number of nitrogens with one attached hydrogen (secondary N) is 1. The van der Waals surface area contributed by atoms with Crippen LogP contribution in [0.15, 0.2) is 0 Å². The van der Waals surface area contributed by atoms with E-state index in [1.807, 2.05) is 14.0 Å². The van der Waals surface area contributed by atoms with Gasteiger partial charge in [-0.25, -0.2) is 0 Å². The van der Waals surface area contributed by atoms with Crippen molar-refractivity contribution in [1.82, 2.24) is 10.2 Å². The first-order chi connectivity index (χ1) is 6.74. The van der Waals surface area contributed by atoms with Crippen LogP contribution in [-0.4, -0.2) is 50.2 Å². The van der Waals surface area contributed by atoms with Crippen LogP contribution < -0.4 is 5.32 Å². The van der Waals surface area contributed by atoms with E-state index in [4.69, 9.17) is 4.74 Å². The van der Waals surface area contributed by atoms with Crippen molar-refractivity contribution in [3.05, 3.63) is 0 Å². The van der Waals surface area contributed by atoms with Crippen molar-refractivity contribution < 1.29 is 9.53 Å². The summed E-state index contributed by atoms with van der Waals surface area (Å²) in [6, 6.07) is 0. The molecule has 1 N–H and O–H groups in total. The summed E-state index contributed by atoms with van der Waals surface area (Å²) in [7, 11) is 1.82. The Hall–Kier alpha value is -0.610. The van der Waals surface area contributed by atoms with Gasteiger partial charge in [-0.15, -0.1) is 0 Å². The first kappa shape index (κ1) is 11.5. The third-order valence-electron chi connectivity index (χ3n) is 2.57. The molecule has 1 aliphatic rings. The molecule has 0 bridgehead atoms. The van der Waals surface area contributed by atoms with Gasteiger partial charge in [-0.2, -0.15) is 0 Å². The number of ether oxygens (including phenoxy) is 1. The Balaban J connectivity index is 2.05. The van der Waals surface area contributed by atoms with Crippen molar-refractivity contribution >= 4 is 5.91 Å². The van der Waals surface area contributed by atoms with E-state index in [9.17, 15) is 4.79 Å². The van der Waals surface area contributed by atoms with Crippen LogP contribution in [0.1, 0.15) is 19.8 Å². The zero-order valence-corrected chi connectivity index (χ0v) is 9.08. The number of carbonyl (C=O) groups is 1. The molecule has 1 aliphatic heterocycles. The van der Waals surface area contributed by atoms with E-state index in [-0.39, 0.29) is 5.91 Å². The normalized spacial score (nSPS) is 21.1. The van der Waals surface area contributed by atoms with E-state index in [1.54, 1.807) is 4.90 Å². The molecule has 14 heavy (non-hydrogen) atoms. The zero-order chi connectivity index (χ0) is 10.4. The fraction of sp³-hybridized carbons (Fsp3) is 0.900. The average molecular weight is 200 g/mol. The van der Waals surface area contributed by atoms with Gasteiger partial charge in [-0.3, -0.25) is 4.79 Å². The summed E-state index contributed by atoms with van der Waals surface area (Å²) in [5.41, 5.74) is 0. The van der Waals surface area contributed by atoms with E-state index in [2.05, 4.69) is 5.32 Å². The highest BCUT2D eigenvalue weighted by molar-refractivity contribution is 5.77. The number of nitrogens with zero attached hydrogens (tertiary/aromatic N) is 1. The highest BCUT2D eigenvalue weighted by Gasteiger charge is 2.15. The van der Waals surface area contributed by atoms with Gasteiger partial charge in [0.15, 0.2) is 0 Å². The third-order valence-corrected chi connectivity index (χ3v) is 2.57. The Morgan fingerprint density at radius 2 is 2.43 bits per heavy atom. The van der Waals surface area contributed by atoms with Crippen LogP contribution in [0.2, 0.25) is 0 Å². The smallest absolute Gasteiger partial charge is 0.236 e. The molecule has 1 fully saturated rings. The summed E-state index contributed by atoms with van der Waals surface area (Å²) in [6.45, 7) is 4.82. The van der Waals surface area contributed by atoms with Crippen LogP contribution >= 0.6 is 0 Å². The molecule has 0 spiro atoms. The molecule has 82 valence electrons. The fourth-order valence-electron chi connectivity index (χ4n) is 1.46. The number of hydrogen-bond acceptors (Lipinski definition) is 3. The van der Waals surface area contributed by atoms with Crippen molar-refractivity contribution in [2.75, 3.05) is 33.3 Å². The predicted octanol–water partition coefficient (Wildman–Crippen LogP) is 0.233. The first-order valence-electron chi connectivity index (χ1n) is 5.30. The fourth-order valence-corrected chi connectivity index (χ4v) is 1.46. The van der Waals surface area contributed by atoms with Gasteiger partial charge in [0.1, 0.15) is 0 Å². The van der Waals surface area contributed by atoms with Crippen LogP contribution in [-0.2, 0) is 9.53 Å². The molecule has 1 unspecified atom stereocenters. The number of likely N-dealkylation sites (N-methyl/N-ethyl adjacent to an activating group) is 1. The second kappa shape index (κ2) is 5.98. The van der Waals surface area contributed by atoms with E-state index in [1.165, 1.54) is 0 Å². The van der Waals surface area contributed by atoms with Gasteiger partial charge in [0.2, 0.25) is 5.91 Å². The Bertz CT molecular complexity index is 179. The van der Waals surface area contributed by atoms with Crippen LogP contribution in [0.3, 0.4) is 0 Å². The van der Waals surface area contributed by atoms with E-state index in [0.717, 1.165) is 32.5 Å². The Labute approximate surface area is 85.6 Å². The van der Waals surface area contributed by atoms with Crippen LogP contribution in [0.25, 0.3) is 0 Å². The van der Waals surface area contributed by atoms with E-state index in [0.29, 0.717) is 12.6 Å². The molecule has 1 atom stereocenters. The zero-order valence-electron chi connectivity index (χ0n) is 9.08. The number of rotatable bonds is 5. The largest absolute Gasteiger partial charge is 0.377 e. The lowest BCUT2D eigenvalue weighted by atomic mass is 10.2. The maximum Gasteiger partial charge on any atom is 0.236 e. The topological polar surface area (TPSA) is 41.6 Å². The maximum absolute atomic E-state index is 11.4. The second-order valence-corrected chi connectivity index (χ2v) is 3.67. The molecule has 0 aromatic carbocycles. The van der Waals surface area contributed by atoms with Gasteiger partial charge >= 0.3 is 0 Å². The number of carbonyl (C=O) groups excluding carboxylic acids is 1. The number of amides is 1. The molecular formula is C10H20N2O2. The van der Waals surface area contributed by atoms with Gasteiger partial charge < -0.3 is 15.0 Å². The molecule has 4 nitrogen and oxygen atoms in total. The Morgan fingerprint density at radius 3 is 3.00 bits per heavy atom. The van der Waals surface area contributed by atoms with E-state index >= 15 is 0 Å². The molecule has 1 heterocycles. The van der Waals surface area contributed by atoms with Gasteiger partial charge in [0.05, 0.1) is 12.6 Å². The summed E-state index contributed by atoms with van der Waals surface area (Å²) in [4.78, 5) is 13.1. The van der Waals surface area contributed by atoms with E-state index < -0.39 is 0 Å². The highest BCUT2D eigenvalue weighted by atomic mass is 16.5.